The van der Waals surface area contributed by atoms with E-state index in [9.17, 15) is 0 Å². The van der Waals surface area contributed by atoms with Crippen LogP contribution in [0, 0.1) is 5.92 Å². The number of hydrogen-bond donors (Lipinski definition) is 0. The molecule has 112 valence electrons. The van der Waals surface area contributed by atoms with Crippen molar-refractivity contribution >= 4 is 13.3 Å². The highest BCUT2D eigenvalue weighted by Crippen LogP contribution is 2.28. The molecule has 2 rings (SSSR count). The molecule has 0 radical (unpaired) electrons. The van der Waals surface area contributed by atoms with Crippen LogP contribution in [0.5, 0.6) is 0 Å². The first-order valence-corrected chi connectivity index (χ1v) is 11.7. The Labute approximate surface area is 125 Å². The number of benzene rings is 1. The van der Waals surface area contributed by atoms with Crippen LogP contribution in [0.25, 0.3) is 0 Å². The third-order valence-corrected chi connectivity index (χ3v) is 6.68. The van der Waals surface area contributed by atoms with Gasteiger partial charge in [-0.05, 0) is 24.3 Å². The lowest BCUT2D eigenvalue weighted by atomic mass is 9.85. The van der Waals surface area contributed by atoms with Gasteiger partial charge in [0, 0.05) is 0 Å². The van der Waals surface area contributed by atoms with Crippen LogP contribution in [0.3, 0.4) is 0 Å². The van der Waals surface area contributed by atoms with Crippen molar-refractivity contribution in [2.45, 2.75) is 71.4 Å². The van der Waals surface area contributed by atoms with Crippen molar-refractivity contribution in [2.75, 3.05) is 0 Å². The van der Waals surface area contributed by atoms with E-state index in [1.165, 1.54) is 42.9 Å². The second-order valence-corrected chi connectivity index (χ2v) is 12.4. The van der Waals surface area contributed by atoms with E-state index in [1.54, 1.807) is 0 Å². The smallest absolute Gasteiger partial charge is 0.0775 e. The van der Waals surface area contributed by atoms with Crippen LogP contribution in [-0.4, -0.2) is 14.2 Å². The minimum atomic E-state index is -1.17. The van der Waals surface area contributed by atoms with Crippen molar-refractivity contribution in [1.29, 1.82) is 0 Å². The van der Waals surface area contributed by atoms with E-state index < -0.39 is 8.07 Å². The Morgan fingerprint density at radius 2 is 1.80 bits per heavy atom. The van der Waals surface area contributed by atoms with Crippen LogP contribution in [0.2, 0.25) is 19.6 Å². The van der Waals surface area contributed by atoms with Gasteiger partial charge in [0.15, 0.2) is 0 Å². The van der Waals surface area contributed by atoms with E-state index >= 15 is 0 Å². The lowest BCUT2D eigenvalue weighted by Gasteiger charge is -2.28. The Morgan fingerprint density at radius 3 is 2.40 bits per heavy atom. The van der Waals surface area contributed by atoms with Gasteiger partial charge in [-0.15, -0.1) is 0 Å². The number of hydrogen-bond acceptors (Lipinski definition) is 1. The van der Waals surface area contributed by atoms with E-state index in [1.807, 2.05) is 0 Å². The van der Waals surface area contributed by atoms with Gasteiger partial charge in [-0.3, -0.25) is 0 Å². The maximum Gasteiger partial charge on any atom is 0.0775 e. The molecule has 1 aliphatic carbocycles. The fourth-order valence-electron chi connectivity index (χ4n) is 3.08. The van der Waals surface area contributed by atoms with Gasteiger partial charge in [-0.2, -0.15) is 0 Å². The Morgan fingerprint density at radius 1 is 1.10 bits per heavy atom. The molecule has 20 heavy (non-hydrogen) atoms. The second-order valence-electron chi connectivity index (χ2n) is 7.32. The number of ether oxygens (including phenoxy) is 1. The van der Waals surface area contributed by atoms with Crippen LogP contribution >= 0.6 is 0 Å². The average molecular weight is 291 g/mol. The summed E-state index contributed by atoms with van der Waals surface area (Å²) in [7, 11) is -1.17. The first kappa shape index (κ1) is 15.8. The molecule has 0 aromatic heterocycles. The fraction of sp³-hybridized carbons (Fsp3) is 0.667. The Bertz CT molecular complexity index is 404. The molecule has 1 aliphatic rings. The maximum absolute atomic E-state index is 6.14. The lowest BCUT2D eigenvalue weighted by molar-refractivity contribution is 0.00178. The molecule has 0 saturated heterocycles. The molecule has 2 unspecified atom stereocenters. The van der Waals surface area contributed by atoms with Gasteiger partial charge in [0.25, 0.3) is 0 Å². The topological polar surface area (TPSA) is 9.23 Å². The predicted octanol–water partition coefficient (Wildman–Crippen LogP) is 4.72. The predicted molar refractivity (Wildman–Crippen MR) is 90.2 cm³/mol. The lowest BCUT2D eigenvalue weighted by Crippen LogP contribution is -2.37. The van der Waals surface area contributed by atoms with Crippen LogP contribution in [0.1, 0.15) is 44.6 Å². The summed E-state index contributed by atoms with van der Waals surface area (Å²) in [6.45, 7) is 10.3. The third-order valence-electron chi connectivity index (χ3n) is 4.62. The number of rotatable bonds is 5. The highest BCUT2D eigenvalue weighted by atomic mass is 28.3. The highest BCUT2D eigenvalue weighted by Gasteiger charge is 2.21. The normalized spacial score (nSPS) is 23.8. The summed E-state index contributed by atoms with van der Waals surface area (Å²) < 4.78 is 6.14. The zero-order chi connectivity index (χ0) is 14.6. The Kier molecular flexibility index (Phi) is 5.45. The molecule has 0 spiro atoms. The quantitative estimate of drug-likeness (QED) is 0.713. The summed E-state index contributed by atoms with van der Waals surface area (Å²) in [5.41, 5.74) is 1.32. The van der Waals surface area contributed by atoms with Crippen molar-refractivity contribution in [1.82, 2.24) is 0 Å². The molecule has 0 heterocycles. The third kappa shape index (κ3) is 4.46. The Balaban J connectivity index is 1.85. The molecule has 0 N–H and O–H groups in total. The van der Waals surface area contributed by atoms with Gasteiger partial charge < -0.3 is 4.74 Å². The summed E-state index contributed by atoms with van der Waals surface area (Å²) in [5.74, 6) is 0.892. The SMILES string of the molecule is CCC1CCCC(OCc2ccc([Si](C)(C)C)cc2)C1. The van der Waals surface area contributed by atoms with Crippen LogP contribution < -0.4 is 5.19 Å². The molecule has 2 atom stereocenters. The van der Waals surface area contributed by atoms with Gasteiger partial charge >= 0.3 is 0 Å². The summed E-state index contributed by atoms with van der Waals surface area (Å²) in [6, 6.07) is 9.13. The van der Waals surface area contributed by atoms with Crippen molar-refractivity contribution in [3.63, 3.8) is 0 Å². The van der Waals surface area contributed by atoms with Crippen LogP contribution in [0.15, 0.2) is 24.3 Å². The molecule has 1 saturated carbocycles. The molecular formula is C18H30OSi. The summed E-state index contributed by atoms with van der Waals surface area (Å²) in [4.78, 5) is 0. The van der Waals surface area contributed by atoms with Gasteiger partial charge in [0.2, 0.25) is 0 Å². The molecular weight excluding hydrogens is 260 g/mol. The molecule has 0 aliphatic heterocycles. The van der Waals surface area contributed by atoms with Crippen molar-refractivity contribution < 1.29 is 4.74 Å². The summed E-state index contributed by atoms with van der Waals surface area (Å²) in [6.07, 6.45) is 7.07. The van der Waals surface area contributed by atoms with E-state index in [2.05, 4.69) is 50.8 Å². The highest BCUT2D eigenvalue weighted by molar-refractivity contribution is 6.88. The second kappa shape index (κ2) is 6.90. The fourth-order valence-corrected chi connectivity index (χ4v) is 4.25. The average Bonchev–Trinajstić information content (AvgIpc) is 2.45. The van der Waals surface area contributed by atoms with E-state index in [0.29, 0.717) is 6.10 Å². The zero-order valence-electron chi connectivity index (χ0n) is 13.6. The maximum atomic E-state index is 6.14. The van der Waals surface area contributed by atoms with Crippen LogP contribution in [0.4, 0.5) is 0 Å². The van der Waals surface area contributed by atoms with E-state index in [4.69, 9.17) is 4.74 Å². The first-order chi connectivity index (χ1) is 9.49. The van der Waals surface area contributed by atoms with Crippen molar-refractivity contribution in [2.24, 2.45) is 5.92 Å². The summed E-state index contributed by atoms with van der Waals surface area (Å²) >= 11 is 0. The molecule has 0 bridgehead atoms. The molecule has 1 fully saturated rings. The summed E-state index contributed by atoms with van der Waals surface area (Å²) in [5, 5.41) is 1.53. The molecule has 1 aromatic rings. The van der Waals surface area contributed by atoms with E-state index in [-0.39, 0.29) is 0 Å². The minimum absolute atomic E-state index is 0.491. The van der Waals surface area contributed by atoms with Gasteiger partial charge in [-0.25, -0.2) is 0 Å². The molecule has 1 aromatic carbocycles. The van der Waals surface area contributed by atoms with E-state index in [0.717, 1.165) is 12.5 Å². The van der Waals surface area contributed by atoms with Crippen molar-refractivity contribution in [3.8, 4) is 0 Å². The van der Waals surface area contributed by atoms with Gasteiger partial charge in [-0.1, -0.05) is 75.3 Å². The largest absolute Gasteiger partial charge is 0.374 e. The Hall–Kier alpha value is -0.603. The molecule has 0 amide bonds. The van der Waals surface area contributed by atoms with Gasteiger partial charge in [0.05, 0.1) is 20.8 Å². The zero-order valence-corrected chi connectivity index (χ0v) is 14.6. The minimum Gasteiger partial charge on any atom is -0.374 e. The van der Waals surface area contributed by atoms with Crippen molar-refractivity contribution in [3.05, 3.63) is 29.8 Å². The van der Waals surface area contributed by atoms with Gasteiger partial charge in [0.1, 0.15) is 0 Å². The molecule has 1 nitrogen and oxygen atoms in total. The standard InChI is InChI=1S/C18H30OSi/c1-5-15-7-6-8-17(13-15)19-14-16-9-11-18(12-10-16)20(2,3)4/h9-12,15,17H,5-8,13-14H2,1-4H3. The monoisotopic (exact) mass is 290 g/mol. The van der Waals surface area contributed by atoms with Crippen LogP contribution in [-0.2, 0) is 11.3 Å². The first-order valence-electron chi connectivity index (χ1n) is 8.20. The molecule has 2 heteroatoms.